The zero-order valence-electron chi connectivity index (χ0n) is 16.9. The summed E-state index contributed by atoms with van der Waals surface area (Å²) in [6, 6.07) is 12.0. The molecule has 2 bridgehead atoms. The molecule has 3 rings (SSSR count). The standard InChI is InChI=1S/C22H34N2O3/c1-22(2,3)27-21(26)23-12-11-20(25)15-24-18-9-10-19(24)14-17(13-18)16-7-5-4-6-8-16/h4-8,17-20,25H,9-15H2,1-3H3,(H,23,26)/t17?,18-,19+,20?. The van der Waals surface area contributed by atoms with E-state index >= 15 is 0 Å². The lowest BCUT2D eigenvalue weighted by atomic mass is 9.85. The van der Waals surface area contributed by atoms with Gasteiger partial charge in [0.1, 0.15) is 5.60 Å². The van der Waals surface area contributed by atoms with Crippen molar-refractivity contribution in [2.75, 3.05) is 13.1 Å². The second kappa shape index (κ2) is 8.61. The van der Waals surface area contributed by atoms with Crippen molar-refractivity contribution in [1.82, 2.24) is 10.2 Å². The average Bonchev–Trinajstić information content (AvgIpc) is 2.82. The number of ether oxygens (including phenoxy) is 1. The maximum atomic E-state index is 11.7. The molecule has 0 spiro atoms. The van der Waals surface area contributed by atoms with Crippen LogP contribution in [0.15, 0.2) is 30.3 Å². The molecule has 27 heavy (non-hydrogen) atoms. The van der Waals surface area contributed by atoms with Crippen molar-refractivity contribution >= 4 is 6.09 Å². The number of amides is 1. The number of carbonyl (C=O) groups excluding carboxylic acids is 1. The monoisotopic (exact) mass is 374 g/mol. The van der Waals surface area contributed by atoms with E-state index in [1.165, 1.54) is 31.2 Å². The first kappa shape index (κ1) is 20.2. The molecule has 2 fully saturated rings. The number of piperidine rings is 1. The molecule has 0 saturated carbocycles. The van der Waals surface area contributed by atoms with Gasteiger partial charge < -0.3 is 15.2 Å². The molecule has 2 heterocycles. The Labute approximate surface area is 163 Å². The third-order valence-electron chi connectivity index (χ3n) is 5.72. The van der Waals surface area contributed by atoms with E-state index in [4.69, 9.17) is 4.74 Å². The molecule has 0 aliphatic carbocycles. The topological polar surface area (TPSA) is 61.8 Å². The molecule has 1 aromatic carbocycles. The number of alkyl carbamates (subject to hydrolysis) is 1. The van der Waals surface area contributed by atoms with Crippen LogP contribution in [0.3, 0.4) is 0 Å². The van der Waals surface area contributed by atoms with Crippen molar-refractivity contribution < 1.29 is 14.6 Å². The van der Waals surface area contributed by atoms with E-state index in [1.54, 1.807) is 0 Å². The van der Waals surface area contributed by atoms with Gasteiger partial charge in [0.15, 0.2) is 0 Å². The molecule has 2 N–H and O–H groups in total. The lowest BCUT2D eigenvalue weighted by molar-refractivity contribution is 0.0448. The number of nitrogens with one attached hydrogen (secondary N) is 1. The highest BCUT2D eigenvalue weighted by molar-refractivity contribution is 5.67. The van der Waals surface area contributed by atoms with Crippen molar-refractivity contribution in [3.05, 3.63) is 35.9 Å². The fourth-order valence-corrected chi connectivity index (χ4v) is 4.56. The Hall–Kier alpha value is -1.59. The number of aliphatic hydroxyl groups excluding tert-OH is 1. The number of aliphatic hydroxyl groups is 1. The highest BCUT2D eigenvalue weighted by Crippen LogP contribution is 2.43. The van der Waals surface area contributed by atoms with E-state index in [-0.39, 0.29) is 0 Å². The van der Waals surface area contributed by atoms with Crippen LogP contribution in [-0.2, 0) is 4.74 Å². The van der Waals surface area contributed by atoms with E-state index in [0.29, 0.717) is 37.5 Å². The van der Waals surface area contributed by atoms with Gasteiger partial charge in [-0.05, 0) is 64.4 Å². The fourth-order valence-electron chi connectivity index (χ4n) is 4.56. The lowest BCUT2D eigenvalue weighted by Crippen LogP contribution is -2.46. The summed E-state index contributed by atoms with van der Waals surface area (Å²) >= 11 is 0. The smallest absolute Gasteiger partial charge is 0.407 e. The van der Waals surface area contributed by atoms with E-state index in [9.17, 15) is 9.90 Å². The number of fused-ring (bicyclic) bond motifs is 2. The van der Waals surface area contributed by atoms with Gasteiger partial charge in [-0.2, -0.15) is 0 Å². The van der Waals surface area contributed by atoms with Crippen LogP contribution in [0.4, 0.5) is 4.79 Å². The van der Waals surface area contributed by atoms with Gasteiger partial charge in [0.25, 0.3) is 0 Å². The minimum Gasteiger partial charge on any atom is -0.444 e. The van der Waals surface area contributed by atoms with Crippen molar-refractivity contribution in [2.45, 2.75) is 82.6 Å². The number of carbonyl (C=O) groups is 1. The lowest BCUT2D eigenvalue weighted by Gasteiger charge is -2.40. The summed E-state index contributed by atoms with van der Waals surface area (Å²) in [7, 11) is 0. The molecule has 0 radical (unpaired) electrons. The van der Waals surface area contributed by atoms with Crippen LogP contribution in [-0.4, -0.2) is 53.0 Å². The normalized spacial score (nSPS) is 26.6. The van der Waals surface area contributed by atoms with Crippen LogP contribution >= 0.6 is 0 Å². The highest BCUT2D eigenvalue weighted by atomic mass is 16.6. The Morgan fingerprint density at radius 2 is 1.85 bits per heavy atom. The van der Waals surface area contributed by atoms with Gasteiger partial charge in [0.2, 0.25) is 0 Å². The van der Waals surface area contributed by atoms with Gasteiger partial charge in [0, 0.05) is 25.2 Å². The third-order valence-corrected chi connectivity index (χ3v) is 5.72. The van der Waals surface area contributed by atoms with E-state index < -0.39 is 17.8 Å². The first-order valence-electron chi connectivity index (χ1n) is 10.3. The quantitative estimate of drug-likeness (QED) is 0.797. The predicted octanol–water partition coefficient (Wildman–Crippen LogP) is 3.67. The molecule has 5 nitrogen and oxygen atoms in total. The number of benzene rings is 1. The Morgan fingerprint density at radius 3 is 2.44 bits per heavy atom. The van der Waals surface area contributed by atoms with Crippen LogP contribution < -0.4 is 5.32 Å². The third kappa shape index (κ3) is 5.69. The Balaban J connectivity index is 1.43. The summed E-state index contributed by atoms with van der Waals surface area (Å²) in [5.74, 6) is 0.644. The van der Waals surface area contributed by atoms with Crippen LogP contribution in [0.25, 0.3) is 0 Å². The molecule has 150 valence electrons. The van der Waals surface area contributed by atoms with E-state index in [0.717, 1.165) is 0 Å². The van der Waals surface area contributed by atoms with Gasteiger partial charge >= 0.3 is 6.09 Å². The number of rotatable bonds is 6. The molecular weight excluding hydrogens is 340 g/mol. The summed E-state index contributed by atoms with van der Waals surface area (Å²) in [6.07, 6.45) is 4.55. The first-order valence-corrected chi connectivity index (χ1v) is 10.3. The minimum absolute atomic E-state index is 0.418. The molecule has 2 unspecified atom stereocenters. The minimum atomic E-state index is -0.495. The summed E-state index contributed by atoms with van der Waals surface area (Å²) < 4.78 is 5.23. The Kier molecular flexibility index (Phi) is 6.43. The van der Waals surface area contributed by atoms with E-state index in [2.05, 4.69) is 40.5 Å². The molecule has 4 atom stereocenters. The zero-order valence-corrected chi connectivity index (χ0v) is 16.9. The fraction of sp³-hybridized carbons (Fsp3) is 0.682. The number of nitrogens with zero attached hydrogens (tertiary/aromatic N) is 1. The van der Waals surface area contributed by atoms with Gasteiger partial charge in [-0.3, -0.25) is 4.90 Å². The van der Waals surface area contributed by atoms with Crippen molar-refractivity contribution in [1.29, 1.82) is 0 Å². The molecule has 5 heteroatoms. The van der Waals surface area contributed by atoms with Gasteiger partial charge in [-0.15, -0.1) is 0 Å². The van der Waals surface area contributed by atoms with Crippen LogP contribution in [0.5, 0.6) is 0 Å². The second-order valence-electron chi connectivity index (χ2n) is 9.03. The number of hydrogen-bond acceptors (Lipinski definition) is 4. The van der Waals surface area contributed by atoms with Crippen molar-refractivity contribution in [2.24, 2.45) is 0 Å². The van der Waals surface area contributed by atoms with Crippen molar-refractivity contribution in [3.63, 3.8) is 0 Å². The second-order valence-corrected chi connectivity index (χ2v) is 9.03. The molecule has 2 aliphatic heterocycles. The van der Waals surface area contributed by atoms with Gasteiger partial charge in [-0.25, -0.2) is 4.79 Å². The summed E-state index contributed by atoms with van der Waals surface area (Å²) in [5, 5.41) is 13.2. The predicted molar refractivity (Wildman–Crippen MR) is 107 cm³/mol. The molecule has 2 aliphatic rings. The molecule has 1 amide bonds. The van der Waals surface area contributed by atoms with Crippen LogP contribution in [0, 0.1) is 0 Å². The van der Waals surface area contributed by atoms with Crippen LogP contribution in [0.2, 0.25) is 0 Å². The summed E-state index contributed by atoms with van der Waals surface area (Å²) in [4.78, 5) is 14.2. The maximum Gasteiger partial charge on any atom is 0.407 e. The molecule has 0 aromatic heterocycles. The number of hydrogen-bond donors (Lipinski definition) is 2. The summed E-state index contributed by atoms with van der Waals surface area (Å²) in [6.45, 7) is 6.67. The van der Waals surface area contributed by atoms with Gasteiger partial charge in [0.05, 0.1) is 6.10 Å². The molecule has 2 saturated heterocycles. The zero-order chi connectivity index (χ0) is 19.4. The van der Waals surface area contributed by atoms with Gasteiger partial charge in [-0.1, -0.05) is 30.3 Å². The largest absolute Gasteiger partial charge is 0.444 e. The highest BCUT2D eigenvalue weighted by Gasteiger charge is 2.41. The maximum absolute atomic E-state index is 11.7. The SMILES string of the molecule is CC(C)(C)OC(=O)NCCC(O)CN1[C@@H]2CC[C@H]1CC(c1ccccc1)C2. The van der Waals surface area contributed by atoms with Crippen molar-refractivity contribution in [3.8, 4) is 0 Å². The Bertz CT molecular complexity index is 600. The van der Waals surface area contributed by atoms with Crippen LogP contribution in [0.1, 0.15) is 64.4 Å². The summed E-state index contributed by atoms with van der Waals surface area (Å²) in [5.41, 5.74) is 0.960. The molecular formula is C22H34N2O3. The molecule has 1 aromatic rings. The Morgan fingerprint density at radius 1 is 1.22 bits per heavy atom. The average molecular weight is 375 g/mol. The van der Waals surface area contributed by atoms with E-state index in [1.807, 2.05) is 20.8 Å². The first-order chi connectivity index (χ1) is 12.8.